The molecule has 2 aliphatic rings. The lowest BCUT2D eigenvalue weighted by Crippen LogP contribution is -2.48. The predicted octanol–water partition coefficient (Wildman–Crippen LogP) is 2.49. The molecule has 9 heteroatoms. The molecular formula is C24H30N6O3. The molecule has 2 aliphatic heterocycles. The highest BCUT2D eigenvalue weighted by Gasteiger charge is 2.24. The number of hydrogen-bond acceptors (Lipinski definition) is 8. The number of rotatable bonds is 6. The van der Waals surface area contributed by atoms with E-state index in [4.69, 9.17) is 14.7 Å². The number of aryl methyl sites for hydroxylation is 2. The summed E-state index contributed by atoms with van der Waals surface area (Å²) < 4.78 is 11.4. The first-order valence-corrected chi connectivity index (χ1v) is 11.4. The van der Waals surface area contributed by atoms with Gasteiger partial charge in [-0.15, -0.1) is 0 Å². The van der Waals surface area contributed by atoms with Crippen LogP contribution < -0.4 is 10.1 Å². The Hall–Kier alpha value is -3.22. The molecule has 1 aromatic heterocycles. The SMILES string of the molecule is Cc1cc(C#N)cc(C)c1Oc1ccnc(NC2CCN(CC(=O)N3CCOCC3)CC2)n1. The van der Waals surface area contributed by atoms with E-state index in [0.29, 0.717) is 56.0 Å². The maximum absolute atomic E-state index is 12.5. The zero-order valence-corrected chi connectivity index (χ0v) is 19.2. The summed E-state index contributed by atoms with van der Waals surface area (Å²) in [5, 5.41) is 12.5. The molecule has 2 aromatic rings. The van der Waals surface area contributed by atoms with E-state index in [1.807, 2.05) is 18.7 Å². The molecule has 33 heavy (non-hydrogen) atoms. The van der Waals surface area contributed by atoms with Crippen LogP contribution >= 0.6 is 0 Å². The van der Waals surface area contributed by atoms with Gasteiger partial charge >= 0.3 is 0 Å². The van der Waals surface area contributed by atoms with Crippen molar-refractivity contribution in [2.75, 3.05) is 51.3 Å². The highest BCUT2D eigenvalue weighted by Crippen LogP contribution is 2.29. The highest BCUT2D eigenvalue weighted by atomic mass is 16.5. The molecule has 1 N–H and O–H groups in total. The fourth-order valence-corrected chi connectivity index (χ4v) is 4.27. The average Bonchev–Trinajstić information content (AvgIpc) is 2.83. The van der Waals surface area contributed by atoms with Gasteiger partial charge in [-0.3, -0.25) is 9.69 Å². The summed E-state index contributed by atoms with van der Waals surface area (Å²) in [7, 11) is 0. The number of benzene rings is 1. The van der Waals surface area contributed by atoms with Crippen molar-refractivity contribution >= 4 is 11.9 Å². The number of nitrogens with one attached hydrogen (secondary N) is 1. The van der Waals surface area contributed by atoms with Gasteiger partial charge in [-0.2, -0.15) is 10.2 Å². The van der Waals surface area contributed by atoms with Crippen LogP contribution in [0.2, 0.25) is 0 Å². The first-order valence-electron chi connectivity index (χ1n) is 11.4. The van der Waals surface area contributed by atoms with Gasteiger partial charge in [-0.05, 0) is 49.9 Å². The van der Waals surface area contributed by atoms with Crippen LogP contribution in [-0.2, 0) is 9.53 Å². The summed E-state index contributed by atoms with van der Waals surface area (Å²) >= 11 is 0. The first-order chi connectivity index (χ1) is 16.0. The average molecular weight is 451 g/mol. The summed E-state index contributed by atoms with van der Waals surface area (Å²) in [6, 6.07) is 7.74. The van der Waals surface area contributed by atoms with Crippen molar-refractivity contribution in [3.05, 3.63) is 41.1 Å². The fraction of sp³-hybridized carbons (Fsp3) is 0.500. The molecule has 2 saturated heterocycles. The Bertz CT molecular complexity index is 1000. The van der Waals surface area contributed by atoms with Crippen molar-refractivity contribution in [3.63, 3.8) is 0 Å². The maximum Gasteiger partial charge on any atom is 0.236 e. The minimum absolute atomic E-state index is 0.186. The molecule has 0 radical (unpaired) electrons. The number of piperidine rings is 1. The van der Waals surface area contributed by atoms with Gasteiger partial charge in [-0.25, -0.2) is 4.98 Å². The van der Waals surface area contributed by atoms with Crippen molar-refractivity contribution in [1.29, 1.82) is 5.26 Å². The van der Waals surface area contributed by atoms with Crippen LogP contribution in [0.4, 0.5) is 5.95 Å². The first kappa shape index (κ1) is 23.0. The lowest BCUT2D eigenvalue weighted by Gasteiger charge is -2.34. The number of aromatic nitrogens is 2. The summed E-state index contributed by atoms with van der Waals surface area (Å²) in [5.74, 6) is 1.87. The topological polar surface area (TPSA) is 104 Å². The molecule has 1 amide bonds. The second-order valence-corrected chi connectivity index (χ2v) is 8.56. The molecular weight excluding hydrogens is 420 g/mol. The Morgan fingerprint density at radius 2 is 1.91 bits per heavy atom. The van der Waals surface area contributed by atoms with Gasteiger partial charge in [0.1, 0.15) is 5.75 Å². The number of ether oxygens (including phenoxy) is 2. The van der Waals surface area contributed by atoms with Gasteiger partial charge in [0.15, 0.2) is 0 Å². The van der Waals surface area contributed by atoms with Crippen LogP contribution in [0, 0.1) is 25.2 Å². The van der Waals surface area contributed by atoms with Crippen LogP contribution in [0.5, 0.6) is 11.6 Å². The summed E-state index contributed by atoms with van der Waals surface area (Å²) in [6.07, 6.45) is 3.51. The van der Waals surface area contributed by atoms with Gasteiger partial charge in [0.25, 0.3) is 0 Å². The minimum Gasteiger partial charge on any atom is -0.438 e. The lowest BCUT2D eigenvalue weighted by molar-refractivity contribution is -0.136. The number of carbonyl (C=O) groups excluding carboxylic acids is 1. The minimum atomic E-state index is 0.186. The van der Waals surface area contributed by atoms with E-state index in [0.717, 1.165) is 37.1 Å². The van der Waals surface area contributed by atoms with Crippen LogP contribution in [0.15, 0.2) is 24.4 Å². The zero-order chi connectivity index (χ0) is 23.2. The maximum atomic E-state index is 12.5. The van der Waals surface area contributed by atoms with Crippen LogP contribution in [0.1, 0.15) is 29.5 Å². The van der Waals surface area contributed by atoms with E-state index in [1.54, 1.807) is 24.4 Å². The van der Waals surface area contributed by atoms with Gasteiger partial charge in [0.05, 0.1) is 31.4 Å². The molecule has 0 spiro atoms. The van der Waals surface area contributed by atoms with E-state index < -0.39 is 0 Å². The van der Waals surface area contributed by atoms with Crippen molar-refractivity contribution in [2.24, 2.45) is 0 Å². The second-order valence-electron chi connectivity index (χ2n) is 8.56. The molecule has 4 rings (SSSR count). The van der Waals surface area contributed by atoms with Crippen molar-refractivity contribution in [1.82, 2.24) is 19.8 Å². The van der Waals surface area contributed by atoms with E-state index >= 15 is 0 Å². The van der Waals surface area contributed by atoms with Gasteiger partial charge in [0.2, 0.25) is 17.7 Å². The number of morpholine rings is 1. The van der Waals surface area contributed by atoms with E-state index in [1.165, 1.54) is 0 Å². The molecule has 9 nitrogen and oxygen atoms in total. The molecule has 2 fully saturated rings. The summed E-state index contributed by atoms with van der Waals surface area (Å²) in [6.45, 7) is 8.65. The van der Waals surface area contributed by atoms with Crippen molar-refractivity contribution in [2.45, 2.75) is 32.7 Å². The van der Waals surface area contributed by atoms with E-state index in [2.05, 4.69) is 26.3 Å². The van der Waals surface area contributed by atoms with Crippen LogP contribution in [0.3, 0.4) is 0 Å². The largest absolute Gasteiger partial charge is 0.438 e. The molecule has 174 valence electrons. The molecule has 0 bridgehead atoms. The third-order valence-electron chi connectivity index (χ3n) is 6.07. The summed E-state index contributed by atoms with van der Waals surface area (Å²) in [5.41, 5.74) is 2.39. The number of hydrogen-bond donors (Lipinski definition) is 1. The Kier molecular flexibility index (Phi) is 7.37. The lowest BCUT2D eigenvalue weighted by atomic mass is 10.1. The number of amides is 1. The molecule has 3 heterocycles. The van der Waals surface area contributed by atoms with Crippen LogP contribution in [-0.4, -0.2) is 77.7 Å². The van der Waals surface area contributed by atoms with E-state index in [9.17, 15) is 4.79 Å². The fourth-order valence-electron chi connectivity index (χ4n) is 4.27. The van der Waals surface area contributed by atoms with Crippen molar-refractivity contribution < 1.29 is 14.3 Å². The predicted molar refractivity (Wildman–Crippen MR) is 123 cm³/mol. The molecule has 0 unspecified atom stereocenters. The number of nitrogens with zero attached hydrogens (tertiary/aromatic N) is 5. The normalized spacial score (nSPS) is 17.4. The van der Waals surface area contributed by atoms with Gasteiger partial charge in [0, 0.05) is 44.5 Å². The highest BCUT2D eigenvalue weighted by molar-refractivity contribution is 5.78. The van der Waals surface area contributed by atoms with Crippen molar-refractivity contribution in [3.8, 4) is 17.7 Å². The smallest absolute Gasteiger partial charge is 0.236 e. The zero-order valence-electron chi connectivity index (χ0n) is 19.2. The van der Waals surface area contributed by atoms with Gasteiger partial charge < -0.3 is 19.7 Å². The Balaban J connectivity index is 1.30. The summed E-state index contributed by atoms with van der Waals surface area (Å²) in [4.78, 5) is 25.4. The molecule has 0 atom stereocenters. The number of nitriles is 1. The second kappa shape index (κ2) is 10.6. The Morgan fingerprint density at radius 3 is 2.58 bits per heavy atom. The number of anilines is 1. The third kappa shape index (κ3) is 5.97. The third-order valence-corrected chi connectivity index (χ3v) is 6.07. The standard InChI is InChI=1S/C24H30N6O3/c1-17-13-19(15-25)14-18(2)23(17)33-21-3-6-26-24(28-21)27-20-4-7-29(8-5-20)16-22(31)30-9-11-32-12-10-30/h3,6,13-14,20H,4-5,7-12,16H2,1-2H3,(H,26,27,28). The number of carbonyl (C=O) groups is 1. The monoisotopic (exact) mass is 450 g/mol. The van der Waals surface area contributed by atoms with E-state index in [-0.39, 0.29) is 11.9 Å². The number of likely N-dealkylation sites (tertiary alicyclic amines) is 1. The molecule has 1 aromatic carbocycles. The molecule has 0 saturated carbocycles. The Morgan fingerprint density at radius 1 is 1.21 bits per heavy atom. The van der Waals surface area contributed by atoms with Gasteiger partial charge in [-0.1, -0.05) is 0 Å². The van der Waals surface area contributed by atoms with Crippen LogP contribution in [0.25, 0.3) is 0 Å². The molecule has 0 aliphatic carbocycles. The Labute approximate surface area is 194 Å². The quantitative estimate of drug-likeness (QED) is 0.716.